The predicted octanol–water partition coefficient (Wildman–Crippen LogP) is 2.36. The lowest BCUT2D eigenvalue weighted by atomic mass is 10.1. The second kappa shape index (κ2) is 7.21. The van der Waals surface area contributed by atoms with E-state index in [-0.39, 0.29) is 11.4 Å². The quantitative estimate of drug-likeness (QED) is 0.483. The maximum absolute atomic E-state index is 12.1. The van der Waals surface area contributed by atoms with E-state index in [1.807, 2.05) is 6.08 Å². The first-order chi connectivity index (χ1) is 10.6. The van der Waals surface area contributed by atoms with Gasteiger partial charge in [0, 0.05) is 18.7 Å². The van der Waals surface area contributed by atoms with Crippen molar-refractivity contribution < 1.29 is 19.3 Å². The number of carbonyl (C=O) groups is 1. The molecular formula is C14H15N3O5. The van der Waals surface area contributed by atoms with Gasteiger partial charge < -0.3 is 14.5 Å². The minimum absolute atomic E-state index is 0.0567. The second-order valence-corrected chi connectivity index (χ2v) is 4.53. The molecular weight excluding hydrogens is 290 g/mol. The van der Waals surface area contributed by atoms with Gasteiger partial charge in [0.25, 0.3) is 5.69 Å². The molecule has 1 aliphatic heterocycles. The highest BCUT2D eigenvalue weighted by molar-refractivity contribution is 5.81. The van der Waals surface area contributed by atoms with Crippen molar-refractivity contribution in [1.29, 1.82) is 0 Å². The molecule has 0 atom stereocenters. The zero-order chi connectivity index (χ0) is 15.9. The van der Waals surface area contributed by atoms with Crippen molar-refractivity contribution in [2.45, 2.75) is 6.42 Å². The molecule has 1 heterocycles. The molecule has 0 radical (unpaired) electrons. The van der Waals surface area contributed by atoms with E-state index in [9.17, 15) is 14.9 Å². The van der Waals surface area contributed by atoms with Crippen LogP contribution in [0.4, 0.5) is 10.5 Å². The van der Waals surface area contributed by atoms with Crippen LogP contribution >= 0.6 is 0 Å². The van der Waals surface area contributed by atoms with Gasteiger partial charge in [-0.25, -0.2) is 4.79 Å². The molecule has 1 aromatic rings. The van der Waals surface area contributed by atoms with Gasteiger partial charge in [0.2, 0.25) is 0 Å². The van der Waals surface area contributed by atoms with Crippen LogP contribution in [-0.2, 0) is 4.84 Å². The summed E-state index contributed by atoms with van der Waals surface area (Å²) in [4.78, 5) is 28.3. The summed E-state index contributed by atoms with van der Waals surface area (Å²) in [6.45, 7) is 0.912. The van der Waals surface area contributed by atoms with Crippen LogP contribution in [0.1, 0.15) is 6.42 Å². The summed E-state index contributed by atoms with van der Waals surface area (Å²) in [6.07, 6.45) is 3.70. The number of non-ortho nitro benzene ring substituents is 1. The number of ether oxygens (including phenoxy) is 1. The van der Waals surface area contributed by atoms with Crippen LogP contribution in [0.15, 0.2) is 41.1 Å². The highest BCUT2D eigenvalue weighted by Gasteiger charge is 2.19. The van der Waals surface area contributed by atoms with Crippen molar-refractivity contribution in [1.82, 2.24) is 4.90 Å². The largest absolute Gasteiger partial charge is 0.415 e. The molecule has 0 bridgehead atoms. The minimum atomic E-state index is -0.511. The SMILES string of the molecule is CO/N=C/C1=CCCN(C(=O)Oc2ccc([N+](=O)[O-])cc2)C1. The van der Waals surface area contributed by atoms with Crippen LogP contribution < -0.4 is 4.74 Å². The number of hydrogen-bond donors (Lipinski definition) is 0. The average Bonchev–Trinajstić information content (AvgIpc) is 2.53. The Labute approximate surface area is 126 Å². The number of oxime groups is 1. The third kappa shape index (κ3) is 4.05. The van der Waals surface area contributed by atoms with E-state index in [2.05, 4.69) is 9.99 Å². The molecule has 0 spiro atoms. The van der Waals surface area contributed by atoms with Crippen molar-refractivity contribution in [2.24, 2.45) is 5.16 Å². The molecule has 8 nitrogen and oxygen atoms in total. The fourth-order valence-electron chi connectivity index (χ4n) is 1.94. The van der Waals surface area contributed by atoms with Gasteiger partial charge in [0.15, 0.2) is 0 Å². The topological polar surface area (TPSA) is 94.3 Å². The zero-order valence-electron chi connectivity index (χ0n) is 12.0. The van der Waals surface area contributed by atoms with Crippen molar-refractivity contribution >= 4 is 18.0 Å². The first-order valence-corrected chi connectivity index (χ1v) is 6.57. The summed E-state index contributed by atoms with van der Waals surface area (Å²) >= 11 is 0. The van der Waals surface area contributed by atoms with Gasteiger partial charge in [-0.1, -0.05) is 11.2 Å². The molecule has 0 saturated carbocycles. The highest BCUT2D eigenvalue weighted by atomic mass is 16.6. The third-order valence-electron chi connectivity index (χ3n) is 3.01. The molecule has 1 aromatic carbocycles. The molecule has 0 aliphatic carbocycles. The molecule has 0 unspecified atom stereocenters. The van der Waals surface area contributed by atoms with Crippen LogP contribution in [0.3, 0.4) is 0 Å². The van der Waals surface area contributed by atoms with Crippen molar-refractivity contribution in [3.05, 3.63) is 46.0 Å². The maximum atomic E-state index is 12.1. The number of nitrogens with zero attached hydrogens (tertiary/aromatic N) is 3. The smallest absolute Gasteiger partial charge is 0.410 e. The molecule has 0 N–H and O–H groups in total. The lowest BCUT2D eigenvalue weighted by Gasteiger charge is -2.25. The van der Waals surface area contributed by atoms with Crippen LogP contribution in [-0.4, -0.2) is 42.3 Å². The molecule has 0 saturated heterocycles. The van der Waals surface area contributed by atoms with Gasteiger partial charge in [-0.2, -0.15) is 0 Å². The Bertz CT molecular complexity index is 609. The van der Waals surface area contributed by atoms with E-state index >= 15 is 0 Å². The van der Waals surface area contributed by atoms with Gasteiger partial charge in [0.05, 0.1) is 17.7 Å². The molecule has 8 heteroatoms. The van der Waals surface area contributed by atoms with Gasteiger partial charge in [0.1, 0.15) is 12.9 Å². The van der Waals surface area contributed by atoms with Gasteiger partial charge in [-0.3, -0.25) is 10.1 Å². The number of benzene rings is 1. The van der Waals surface area contributed by atoms with E-state index in [1.165, 1.54) is 36.3 Å². The van der Waals surface area contributed by atoms with Crippen LogP contribution in [0.2, 0.25) is 0 Å². The van der Waals surface area contributed by atoms with E-state index in [0.717, 1.165) is 5.57 Å². The fraction of sp³-hybridized carbons (Fsp3) is 0.286. The second-order valence-electron chi connectivity index (χ2n) is 4.53. The fourth-order valence-corrected chi connectivity index (χ4v) is 1.94. The molecule has 1 amide bonds. The Kier molecular flexibility index (Phi) is 5.07. The molecule has 116 valence electrons. The highest BCUT2D eigenvalue weighted by Crippen LogP contribution is 2.19. The first-order valence-electron chi connectivity index (χ1n) is 6.57. The Morgan fingerprint density at radius 1 is 1.41 bits per heavy atom. The Morgan fingerprint density at radius 2 is 2.14 bits per heavy atom. The monoisotopic (exact) mass is 305 g/mol. The normalized spacial score (nSPS) is 14.6. The molecule has 0 aromatic heterocycles. The molecule has 1 aliphatic rings. The number of nitro groups is 1. The summed E-state index contributed by atoms with van der Waals surface area (Å²) in [6, 6.07) is 5.36. The van der Waals surface area contributed by atoms with Crippen LogP contribution in [0.25, 0.3) is 0 Å². The average molecular weight is 305 g/mol. The number of rotatable bonds is 4. The lowest BCUT2D eigenvalue weighted by Crippen LogP contribution is -2.38. The zero-order valence-corrected chi connectivity index (χ0v) is 12.0. The van der Waals surface area contributed by atoms with Crippen LogP contribution in [0, 0.1) is 10.1 Å². The molecule has 22 heavy (non-hydrogen) atoms. The minimum Gasteiger partial charge on any atom is -0.410 e. The summed E-state index contributed by atoms with van der Waals surface area (Å²) < 4.78 is 5.20. The van der Waals surface area contributed by atoms with Crippen molar-refractivity contribution in [3.8, 4) is 5.75 Å². The summed E-state index contributed by atoms with van der Waals surface area (Å²) in [7, 11) is 1.44. The third-order valence-corrected chi connectivity index (χ3v) is 3.01. The van der Waals surface area contributed by atoms with Crippen molar-refractivity contribution in [2.75, 3.05) is 20.2 Å². The van der Waals surface area contributed by atoms with Gasteiger partial charge in [-0.15, -0.1) is 0 Å². The lowest BCUT2D eigenvalue weighted by molar-refractivity contribution is -0.384. The number of carbonyl (C=O) groups excluding carboxylic acids is 1. The standard InChI is InChI=1S/C14H15N3O5/c1-21-15-9-11-3-2-8-16(10-11)14(18)22-13-6-4-12(5-7-13)17(19)20/h3-7,9H,2,8,10H2,1H3/b15-9+. The summed E-state index contributed by atoms with van der Waals surface area (Å²) in [5.74, 6) is 0.261. The van der Waals surface area contributed by atoms with E-state index in [1.54, 1.807) is 6.21 Å². The predicted molar refractivity (Wildman–Crippen MR) is 78.9 cm³/mol. The Hall–Kier alpha value is -2.90. The summed E-state index contributed by atoms with van der Waals surface area (Å²) in [5, 5.41) is 14.2. The van der Waals surface area contributed by atoms with Crippen LogP contribution in [0.5, 0.6) is 5.75 Å². The number of amides is 1. The van der Waals surface area contributed by atoms with E-state index < -0.39 is 11.0 Å². The number of hydrogen-bond acceptors (Lipinski definition) is 6. The number of nitro benzene ring substituents is 1. The van der Waals surface area contributed by atoms with Crippen molar-refractivity contribution in [3.63, 3.8) is 0 Å². The Balaban J connectivity index is 1.96. The summed E-state index contributed by atoms with van der Waals surface area (Å²) in [5.41, 5.74) is 0.799. The maximum Gasteiger partial charge on any atom is 0.415 e. The van der Waals surface area contributed by atoms with E-state index in [0.29, 0.717) is 19.5 Å². The first kappa shape index (κ1) is 15.5. The van der Waals surface area contributed by atoms with Gasteiger partial charge in [-0.05, 0) is 24.1 Å². The van der Waals surface area contributed by atoms with Gasteiger partial charge >= 0.3 is 6.09 Å². The van der Waals surface area contributed by atoms with E-state index in [4.69, 9.17) is 4.74 Å². The molecule has 0 fully saturated rings. The Morgan fingerprint density at radius 3 is 2.77 bits per heavy atom. The molecule has 2 rings (SSSR count).